The molecule has 6 aromatic heterocycles. The molecule has 0 spiro atoms. The minimum absolute atomic E-state index is 0.0913. The normalized spacial score (nSPS) is 12.4. The van der Waals surface area contributed by atoms with Gasteiger partial charge in [0.1, 0.15) is 56.6 Å². The second-order valence-corrected chi connectivity index (χ2v) is 21.9. The lowest BCUT2D eigenvalue weighted by Crippen LogP contribution is -2.36. The van der Waals surface area contributed by atoms with Crippen LogP contribution in [0.5, 0.6) is 11.5 Å². The minimum Gasteiger partial charge on any atom is -0.484 e. The fourth-order valence-electron chi connectivity index (χ4n) is 8.98. The number of aromatic amines is 2. The smallest absolute Gasteiger partial charge is 0.422 e. The van der Waals surface area contributed by atoms with E-state index >= 15 is 0 Å². The van der Waals surface area contributed by atoms with E-state index in [1.54, 1.807) is 58.5 Å². The van der Waals surface area contributed by atoms with Crippen LogP contribution in [0.15, 0.2) is 132 Å². The van der Waals surface area contributed by atoms with Crippen LogP contribution in [0.3, 0.4) is 0 Å². The molecule has 0 aliphatic carbocycles. The third-order valence-corrected chi connectivity index (χ3v) is 13.1. The highest BCUT2D eigenvalue weighted by molar-refractivity contribution is 6.34. The number of hydrogen-bond donors (Lipinski definition) is 5. The lowest BCUT2D eigenvalue weighted by atomic mass is 10.1. The Morgan fingerprint density at radius 2 is 1.08 bits per heavy atom. The first-order valence-corrected chi connectivity index (χ1v) is 28.5. The average Bonchev–Trinajstić information content (AvgIpc) is 1.77. The summed E-state index contributed by atoms with van der Waals surface area (Å²) in [6.45, 7) is 18.3. The number of ether oxygens (including phenoxy) is 2. The predicted molar refractivity (Wildman–Crippen MR) is 329 cm³/mol. The molecule has 0 bridgehead atoms. The molecule has 0 saturated carbocycles. The third kappa shape index (κ3) is 19.2. The molecule has 6 N–H and O–H groups in total. The van der Waals surface area contributed by atoms with Crippen molar-refractivity contribution in [1.82, 2.24) is 53.9 Å². The molecule has 0 amide bonds. The summed E-state index contributed by atoms with van der Waals surface area (Å²) in [5, 5.41) is 12.1. The van der Waals surface area contributed by atoms with Crippen molar-refractivity contribution in [1.29, 1.82) is 0 Å². The first kappa shape index (κ1) is 69.5. The number of aromatic nitrogens is 10. The van der Waals surface area contributed by atoms with Crippen LogP contribution >= 0.6 is 11.6 Å². The lowest BCUT2D eigenvalue weighted by Gasteiger charge is -2.28. The average molecular weight is 1260 g/mol. The van der Waals surface area contributed by atoms with Gasteiger partial charge in [0.25, 0.3) is 11.1 Å². The van der Waals surface area contributed by atoms with Crippen molar-refractivity contribution in [3.63, 3.8) is 0 Å². The number of alkyl halides is 6. The number of aliphatic hydroxyl groups is 1. The van der Waals surface area contributed by atoms with Gasteiger partial charge in [-0.05, 0) is 129 Å². The zero-order valence-corrected chi connectivity index (χ0v) is 51.2. The second kappa shape index (κ2) is 30.6. The molecule has 0 aliphatic heterocycles. The maximum atomic E-state index is 14.7. The summed E-state index contributed by atoms with van der Waals surface area (Å²) in [7, 11) is 0. The summed E-state index contributed by atoms with van der Waals surface area (Å²) in [4.78, 5) is 60.2. The zero-order chi connectivity index (χ0) is 65.5. The van der Waals surface area contributed by atoms with Gasteiger partial charge in [-0.1, -0.05) is 56.6 Å². The van der Waals surface area contributed by atoms with Crippen molar-refractivity contribution in [3.8, 4) is 22.9 Å². The van der Waals surface area contributed by atoms with Crippen LogP contribution < -0.4 is 31.6 Å². The number of pyridine rings is 2. The number of hydrogen-bond acceptors (Lipinski definition) is 14. The second-order valence-electron chi connectivity index (χ2n) is 21.5. The number of H-pyrrole nitrogens is 2. The Morgan fingerprint density at radius 3 is 1.51 bits per heavy atom. The van der Waals surface area contributed by atoms with Gasteiger partial charge in [-0.3, -0.25) is 23.6 Å². The number of rotatable bonds is 15. The van der Waals surface area contributed by atoms with Crippen molar-refractivity contribution >= 4 is 61.4 Å². The van der Waals surface area contributed by atoms with Gasteiger partial charge >= 0.3 is 12.4 Å². The first-order valence-electron chi connectivity index (χ1n) is 28.2. The summed E-state index contributed by atoms with van der Waals surface area (Å²) in [5.74, 6) is -1.28. The number of anilines is 1. The minimum atomic E-state index is -4.54. The van der Waals surface area contributed by atoms with Gasteiger partial charge in [-0.25, -0.2) is 38.7 Å². The maximum Gasteiger partial charge on any atom is 0.422 e. The van der Waals surface area contributed by atoms with Crippen LogP contribution in [0, 0.1) is 11.6 Å². The van der Waals surface area contributed by atoms with Crippen molar-refractivity contribution in [2.24, 2.45) is 5.73 Å². The molecular weight excluding hydrogens is 1190 g/mol. The Hall–Kier alpha value is -8.59. The zero-order valence-electron chi connectivity index (χ0n) is 50.5. The monoisotopic (exact) mass is 1260 g/mol. The molecule has 0 saturated heterocycles. The van der Waals surface area contributed by atoms with Crippen LogP contribution in [-0.2, 0) is 0 Å². The van der Waals surface area contributed by atoms with E-state index in [2.05, 4.69) is 84.7 Å². The molecule has 27 heteroatoms. The van der Waals surface area contributed by atoms with E-state index in [4.69, 9.17) is 31.9 Å². The highest BCUT2D eigenvalue weighted by Gasteiger charge is 2.30. The van der Waals surface area contributed by atoms with Gasteiger partial charge in [0.15, 0.2) is 24.5 Å². The Bertz CT molecular complexity index is 4060. The van der Waals surface area contributed by atoms with E-state index in [0.29, 0.717) is 52.4 Å². The van der Waals surface area contributed by atoms with E-state index in [1.165, 1.54) is 83.7 Å². The standard InChI is InChI=1S/C25H20F4N6O2.C19H17F4N3O2.C8H19N.C6H4ClN3.C4H10O/c1-2-17(33-19-9-10-30-22-21(19)31-13-32-22)23-34-18-8-4-7-16(26)20(18)24(36)35(23)14-5-3-6-15(11-14)37-12-25(27,28)29;1-2-14(24)17-25-15-8-4-7-13(20)16(15)18(27)26(17)11-5-3-6-12(9-11)28-10-19(21,22)23;1-6-9(7(2)3)8(4)5;7-4-1-2-8-6-5(4)9-3-10-6;1-4(2,3)5/h3-11,13,17H,2,12H2,1H3,(H2,30,31,32,33);3-9,14H,2,10,24H2,1H3;7-8H,6H2,1-5H3;1-3H,(H,8,9,10);5H,1-3H3/t17-;14-;;;/m00.../s1. The van der Waals surface area contributed by atoms with Crippen molar-refractivity contribution in [2.75, 3.05) is 25.1 Å². The number of benzene rings is 4. The Morgan fingerprint density at radius 1 is 0.640 bits per heavy atom. The summed E-state index contributed by atoms with van der Waals surface area (Å²) in [6.07, 6.45) is -1.86. The summed E-state index contributed by atoms with van der Waals surface area (Å²) >= 11 is 5.79. The van der Waals surface area contributed by atoms with Gasteiger partial charge in [-0.15, -0.1) is 0 Å². The highest BCUT2D eigenvalue weighted by atomic mass is 35.5. The molecule has 10 aromatic rings. The van der Waals surface area contributed by atoms with Crippen LogP contribution in [0.25, 0.3) is 55.5 Å². The van der Waals surface area contributed by atoms with E-state index in [1.807, 2.05) is 6.92 Å². The molecule has 2 atom stereocenters. The predicted octanol–water partition coefficient (Wildman–Crippen LogP) is 13.7. The van der Waals surface area contributed by atoms with E-state index in [9.17, 15) is 44.7 Å². The molecule has 0 fully saturated rings. The Balaban J connectivity index is 0.000000210. The number of nitrogens with zero attached hydrogens (tertiary/aromatic N) is 9. The van der Waals surface area contributed by atoms with Crippen LogP contribution in [0.4, 0.5) is 40.8 Å². The molecule has 0 radical (unpaired) electrons. The summed E-state index contributed by atoms with van der Waals surface area (Å²) in [5.41, 5.74) is 8.10. The molecule has 6 heterocycles. The Labute approximate surface area is 512 Å². The third-order valence-electron chi connectivity index (χ3n) is 12.8. The molecule has 476 valence electrons. The number of nitrogens with two attached hydrogens (primary N) is 1. The van der Waals surface area contributed by atoms with E-state index in [0.717, 1.165) is 28.8 Å². The van der Waals surface area contributed by atoms with Crippen LogP contribution in [-0.4, -0.2) is 109 Å². The lowest BCUT2D eigenvalue weighted by molar-refractivity contribution is -0.154. The molecule has 0 unspecified atom stereocenters. The Kier molecular flexibility index (Phi) is 23.9. The molecule has 18 nitrogen and oxygen atoms in total. The molecule has 10 rings (SSSR count). The van der Waals surface area contributed by atoms with Crippen molar-refractivity contribution in [3.05, 3.63) is 171 Å². The topological polar surface area (TPSA) is 233 Å². The number of imidazole rings is 2. The van der Waals surface area contributed by atoms with Gasteiger partial charge in [-0.2, -0.15) is 26.3 Å². The number of nitrogens with one attached hydrogen (secondary N) is 3. The van der Waals surface area contributed by atoms with E-state index in [-0.39, 0.29) is 56.3 Å². The summed E-state index contributed by atoms with van der Waals surface area (Å²) in [6, 6.07) is 23.0. The van der Waals surface area contributed by atoms with Gasteiger partial charge in [0.2, 0.25) is 0 Å². The fraction of sp³-hybridized carbons (Fsp3) is 0.355. The van der Waals surface area contributed by atoms with Crippen LogP contribution in [0.1, 0.15) is 106 Å². The SMILES string of the molecule is CC(C)(C)O.CCN(C(C)C)C(C)C.CC[C@H](N)c1nc2cccc(F)c2c(=O)n1-c1cccc(OCC(F)(F)F)c1.CC[C@H](Nc1ccnc2nc[nH]c12)c1nc2cccc(F)c2c(=O)n1-c1cccc(OCC(F)(F)F)c1.Clc1ccnc2nc[nH]c12. The maximum absolute atomic E-state index is 14.7. The summed E-state index contributed by atoms with van der Waals surface area (Å²) < 4.78 is 116. The highest BCUT2D eigenvalue weighted by Crippen LogP contribution is 2.30. The van der Waals surface area contributed by atoms with Gasteiger partial charge < -0.3 is 35.6 Å². The quantitative estimate of drug-likeness (QED) is 0.0601. The number of halogens is 9. The largest absolute Gasteiger partial charge is 0.484 e. The van der Waals surface area contributed by atoms with Gasteiger partial charge in [0, 0.05) is 36.6 Å². The number of fused-ring (bicyclic) bond motifs is 4. The fourth-order valence-corrected chi connectivity index (χ4v) is 9.18. The molecular formula is C62H70ClF8N13O5. The molecule has 0 aliphatic rings. The van der Waals surface area contributed by atoms with Crippen molar-refractivity contribution < 1.29 is 49.7 Å². The van der Waals surface area contributed by atoms with Crippen LogP contribution in [0.2, 0.25) is 5.02 Å². The van der Waals surface area contributed by atoms with Gasteiger partial charge in [0.05, 0.1) is 63.5 Å². The first-order chi connectivity index (χ1) is 41.9. The molecule has 4 aromatic carbocycles. The molecule has 89 heavy (non-hydrogen) atoms. The van der Waals surface area contributed by atoms with Crippen molar-refractivity contribution in [2.45, 2.75) is 124 Å². The van der Waals surface area contributed by atoms with E-state index < -0.39 is 66.0 Å².